The van der Waals surface area contributed by atoms with Gasteiger partial charge in [-0.2, -0.15) is 0 Å². The summed E-state index contributed by atoms with van der Waals surface area (Å²) in [6.07, 6.45) is 0. The third-order valence-electron chi connectivity index (χ3n) is 2.83. The van der Waals surface area contributed by atoms with Crippen LogP contribution in [0.25, 0.3) is 0 Å². The van der Waals surface area contributed by atoms with Crippen LogP contribution in [-0.4, -0.2) is 18.3 Å². The molecule has 5 heteroatoms. The number of nitrogens with one attached hydrogen (secondary N) is 1. The molecule has 0 amide bonds. The average Bonchev–Trinajstić information content (AvgIpc) is 2.47. The molecule has 2 aromatic rings. The van der Waals surface area contributed by atoms with Crippen molar-refractivity contribution in [2.24, 2.45) is 0 Å². The van der Waals surface area contributed by atoms with E-state index in [4.69, 9.17) is 9.84 Å². The first-order chi connectivity index (χ1) is 9.78. The smallest absolute Gasteiger partial charge is 0.123 e. The molecule has 0 atom stereocenters. The number of benzene rings is 2. The Balaban J connectivity index is 0.00000220. The minimum atomic E-state index is -0.245. The lowest BCUT2D eigenvalue weighted by Crippen LogP contribution is -2.17. The Morgan fingerprint density at radius 1 is 1.05 bits per heavy atom. The summed E-state index contributed by atoms with van der Waals surface area (Å²) >= 11 is 0. The molecule has 0 aliphatic rings. The fourth-order valence-electron chi connectivity index (χ4n) is 1.80. The summed E-state index contributed by atoms with van der Waals surface area (Å²) in [7, 11) is 0. The lowest BCUT2D eigenvalue weighted by atomic mass is 10.2. The Morgan fingerprint density at radius 2 is 1.81 bits per heavy atom. The van der Waals surface area contributed by atoms with Crippen molar-refractivity contribution >= 4 is 12.4 Å². The van der Waals surface area contributed by atoms with Gasteiger partial charge >= 0.3 is 0 Å². The number of rotatable bonds is 7. The van der Waals surface area contributed by atoms with Gasteiger partial charge in [0.1, 0.15) is 18.2 Å². The van der Waals surface area contributed by atoms with Crippen molar-refractivity contribution in [2.45, 2.75) is 13.2 Å². The zero-order valence-corrected chi connectivity index (χ0v) is 12.4. The summed E-state index contributed by atoms with van der Waals surface area (Å²) in [5.41, 5.74) is 2.02. The van der Waals surface area contributed by atoms with Crippen LogP contribution in [0.3, 0.4) is 0 Å². The highest BCUT2D eigenvalue weighted by Gasteiger charge is 1.99. The summed E-state index contributed by atoms with van der Waals surface area (Å²) in [4.78, 5) is 0. The Hall–Kier alpha value is -1.62. The first-order valence-electron chi connectivity index (χ1n) is 6.55. The molecule has 0 saturated heterocycles. The predicted octanol–water partition coefficient (Wildman–Crippen LogP) is 2.91. The second-order valence-electron chi connectivity index (χ2n) is 4.46. The highest BCUT2D eigenvalue weighted by atomic mass is 35.5. The third-order valence-corrected chi connectivity index (χ3v) is 2.83. The number of hydrogen-bond donors (Lipinski definition) is 2. The van der Waals surface area contributed by atoms with Crippen LogP contribution in [0, 0.1) is 5.82 Å². The quantitative estimate of drug-likeness (QED) is 0.773. The second kappa shape index (κ2) is 9.34. The van der Waals surface area contributed by atoms with Gasteiger partial charge in [0, 0.05) is 13.1 Å². The largest absolute Gasteiger partial charge is 0.489 e. The zero-order valence-electron chi connectivity index (χ0n) is 11.6. The molecule has 0 aliphatic heterocycles. The number of aliphatic hydroxyl groups excluding tert-OH is 1. The molecule has 0 heterocycles. The molecule has 21 heavy (non-hydrogen) atoms. The monoisotopic (exact) mass is 311 g/mol. The standard InChI is InChI=1S/C16H18FNO2.ClH/c17-15-6-4-13(5-7-15)12-20-16-3-1-2-14(10-16)11-18-8-9-19;/h1-7,10,18-19H,8-9,11-12H2;1H. The third kappa shape index (κ3) is 6.12. The van der Waals surface area contributed by atoms with E-state index in [0.717, 1.165) is 16.9 Å². The van der Waals surface area contributed by atoms with Gasteiger partial charge in [-0.15, -0.1) is 12.4 Å². The van der Waals surface area contributed by atoms with E-state index in [1.165, 1.54) is 12.1 Å². The maximum Gasteiger partial charge on any atom is 0.123 e. The van der Waals surface area contributed by atoms with Gasteiger partial charge in [-0.1, -0.05) is 24.3 Å². The molecular formula is C16H19ClFNO2. The lowest BCUT2D eigenvalue weighted by Gasteiger charge is -2.09. The molecule has 3 nitrogen and oxygen atoms in total. The molecule has 0 aliphatic carbocycles. The van der Waals surface area contributed by atoms with Gasteiger partial charge in [0.15, 0.2) is 0 Å². The van der Waals surface area contributed by atoms with Crippen molar-refractivity contribution < 1.29 is 14.2 Å². The molecule has 0 fully saturated rings. The van der Waals surface area contributed by atoms with Crippen LogP contribution < -0.4 is 10.1 Å². The van der Waals surface area contributed by atoms with Crippen LogP contribution in [0.15, 0.2) is 48.5 Å². The summed E-state index contributed by atoms with van der Waals surface area (Å²) in [6, 6.07) is 14.0. The van der Waals surface area contributed by atoms with Crippen molar-refractivity contribution in [3.63, 3.8) is 0 Å². The van der Waals surface area contributed by atoms with Gasteiger partial charge in [0.25, 0.3) is 0 Å². The van der Waals surface area contributed by atoms with Gasteiger partial charge in [-0.05, 0) is 35.4 Å². The van der Waals surface area contributed by atoms with E-state index < -0.39 is 0 Å². The van der Waals surface area contributed by atoms with Crippen molar-refractivity contribution in [3.05, 3.63) is 65.5 Å². The summed E-state index contributed by atoms with van der Waals surface area (Å²) in [5, 5.41) is 11.8. The molecule has 0 saturated carbocycles. The van der Waals surface area contributed by atoms with Gasteiger partial charge in [0.05, 0.1) is 6.61 Å². The van der Waals surface area contributed by atoms with E-state index in [9.17, 15) is 4.39 Å². The second-order valence-corrected chi connectivity index (χ2v) is 4.46. The average molecular weight is 312 g/mol. The van der Waals surface area contributed by atoms with Gasteiger partial charge in [0.2, 0.25) is 0 Å². The molecule has 0 spiro atoms. The van der Waals surface area contributed by atoms with E-state index >= 15 is 0 Å². The summed E-state index contributed by atoms with van der Waals surface area (Å²) in [5.74, 6) is 0.531. The number of ether oxygens (including phenoxy) is 1. The molecular weight excluding hydrogens is 293 g/mol. The molecule has 2 rings (SSSR count). The zero-order chi connectivity index (χ0) is 14.2. The van der Waals surface area contributed by atoms with E-state index in [2.05, 4.69) is 5.32 Å². The van der Waals surface area contributed by atoms with Gasteiger partial charge in [-0.25, -0.2) is 4.39 Å². The Kier molecular flexibility index (Phi) is 7.75. The van der Waals surface area contributed by atoms with Crippen LogP contribution in [0.1, 0.15) is 11.1 Å². The first-order valence-corrected chi connectivity index (χ1v) is 6.55. The molecule has 114 valence electrons. The highest BCUT2D eigenvalue weighted by Crippen LogP contribution is 2.15. The normalized spacial score (nSPS) is 10.0. The molecule has 0 unspecified atom stereocenters. The lowest BCUT2D eigenvalue weighted by molar-refractivity contribution is 0.291. The van der Waals surface area contributed by atoms with Crippen molar-refractivity contribution in [2.75, 3.05) is 13.2 Å². The van der Waals surface area contributed by atoms with Gasteiger partial charge in [-0.3, -0.25) is 0 Å². The van der Waals surface area contributed by atoms with Gasteiger partial charge < -0.3 is 15.2 Å². The maximum absolute atomic E-state index is 12.8. The van der Waals surface area contributed by atoms with Crippen molar-refractivity contribution in [3.8, 4) is 5.75 Å². The first kappa shape index (κ1) is 17.4. The van der Waals surface area contributed by atoms with Crippen molar-refractivity contribution in [1.82, 2.24) is 5.32 Å². The van der Waals surface area contributed by atoms with Crippen LogP contribution in [0.5, 0.6) is 5.75 Å². The number of aliphatic hydroxyl groups is 1. The Morgan fingerprint density at radius 3 is 2.52 bits per heavy atom. The maximum atomic E-state index is 12.8. The van der Waals surface area contributed by atoms with Crippen LogP contribution in [0.2, 0.25) is 0 Å². The summed E-state index contributed by atoms with van der Waals surface area (Å²) < 4.78 is 18.5. The minimum Gasteiger partial charge on any atom is -0.489 e. The molecule has 0 radical (unpaired) electrons. The highest BCUT2D eigenvalue weighted by molar-refractivity contribution is 5.85. The van der Waals surface area contributed by atoms with Crippen LogP contribution in [0.4, 0.5) is 4.39 Å². The predicted molar refractivity (Wildman–Crippen MR) is 83.2 cm³/mol. The molecule has 2 aromatic carbocycles. The Bertz CT molecular complexity index is 534. The van der Waals surface area contributed by atoms with E-state index in [1.54, 1.807) is 12.1 Å². The van der Waals surface area contributed by atoms with Crippen molar-refractivity contribution in [1.29, 1.82) is 0 Å². The van der Waals surface area contributed by atoms with E-state index in [0.29, 0.717) is 19.7 Å². The molecule has 0 aromatic heterocycles. The van der Waals surface area contributed by atoms with E-state index in [-0.39, 0.29) is 24.8 Å². The Labute approximate surface area is 130 Å². The number of hydrogen-bond acceptors (Lipinski definition) is 3. The SMILES string of the molecule is Cl.OCCNCc1cccc(OCc2ccc(F)cc2)c1. The fraction of sp³-hybridized carbons (Fsp3) is 0.250. The summed E-state index contributed by atoms with van der Waals surface area (Å²) in [6.45, 7) is 1.80. The fourth-order valence-corrected chi connectivity index (χ4v) is 1.80. The molecule has 0 bridgehead atoms. The van der Waals surface area contributed by atoms with Crippen LogP contribution in [-0.2, 0) is 13.2 Å². The van der Waals surface area contributed by atoms with Crippen LogP contribution >= 0.6 is 12.4 Å². The minimum absolute atomic E-state index is 0. The number of halogens is 2. The topological polar surface area (TPSA) is 41.5 Å². The van der Waals surface area contributed by atoms with E-state index in [1.807, 2.05) is 24.3 Å². The molecule has 2 N–H and O–H groups in total.